The molecule has 0 fully saturated rings. The Morgan fingerprint density at radius 3 is 3.00 bits per heavy atom. The Kier molecular flexibility index (Phi) is 4.87. The standard InChI is InChI=1S/C23H23ClN4O/c1-27-13-17(20-7-2-3-8-21(20)27)10-25-11-19-14-28-22(12-26-23(28)15-29-19)16-5-4-6-18(24)9-16/h2-9,12-13,19,25H,10-11,14-15H2,1H3/t19-/m0/s1. The molecule has 4 aromatic rings. The molecule has 5 nitrogen and oxygen atoms in total. The molecule has 1 aliphatic rings. The average molecular weight is 407 g/mol. The number of hydrogen-bond donors (Lipinski definition) is 1. The summed E-state index contributed by atoms with van der Waals surface area (Å²) in [7, 11) is 2.09. The van der Waals surface area contributed by atoms with E-state index >= 15 is 0 Å². The summed E-state index contributed by atoms with van der Waals surface area (Å²) in [4.78, 5) is 4.53. The highest BCUT2D eigenvalue weighted by Crippen LogP contribution is 2.27. The van der Waals surface area contributed by atoms with Crippen LogP contribution < -0.4 is 5.32 Å². The van der Waals surface area contributed by atoms with Gasteiger partial charge in [-0.05, 0) is 23.8 Å². The van der Waals surface area contributed by atoms with E-state index in [1.807, 2.05) is 24.4 Å². The summed E-state index contributed by atoms with van der Waals surface area (Å²) >= 11 is 6.18. The first-order chi connectivity index (χ1) is 14.2. The van der Waals surface area contributed by atoms with Crippen LogP contribution in [0.3, 0.4) is 0 Å². The van der Waals surface area contributed by atoms with Gasteiger partial charge in [0, 0.05) is 47.8 Å². The molecule has 0 aliphatic carbocycles. The predicted molar refractivity (Wildman–Crippen MR) is 116 cm³/mol. The minimum atomic E-state index is 0.101. The van der Waals surface area contributed by atoms with Crippen LogP contribution in [0.2, 0.25) is 5.02 Å². The van der Waals surface area contributed by atoms with Gasteiger partial charge in [0.2, 0.25) is 0 Å². The molecular weight excluding hydrogens is 384 g/mol. The van der Waals surface area contributed by atoms with Crippen LogP contribution >= 0.6 is 11.6 Å². The molecule has 148 valence electrons. The van der Waals surface area contributed by atoms with Crippen LogP contribution in [0.15, 0.2) is 60.9 Å². The largest absolute Gasteiger partial charge is 0.367 e. The molecule has 0 saturated heterocycles. The van der Waals surface area contributed by atoms with E-state index in [0.29, 0.717) is 6.61 Å². The number of fused-ring (bicyclic) bond motifs is 2. The lowest BCUT2D eigenvalue weighted by Crippen LogP contribution is -2.36. The van der Waals surface area contributed by atoms with Gasteiger partial charge in [0.05, 0.1) is 24.5 Å². The molecule has 0 saturated carbocycles. The molecular formula is C23H23ClN4O. The van der Waals surface area contributed by atoms with Crippen LogP contribution in [0.4, 0.5) is 0 Å². The summed E-state index contributed by atoms with van der Waals surface area (Å²) in [5, 5.41) is 5.61. The van der Waals surface area contributed by atoms with E-state index < -0.39 is 0 Å². The fourth-order valence-electron chi connectivity index (χ4n) is 4.12. The van der Waals surface area contributed by atoms with Gasteiger partial charge in [-0.3, -0.25) is 0 Å². The Morgan fingerprint density at radius 2 is 2.10 bits per heavy atom. The maximum atomic E-state index is 6.18. The molecule has 3 heterocycles. The van der Waals surface area contributed by atoms with E-state index in [1.54, 1.807) is 0 Å². The van der Waals surface area contributed by atoms with Gasteiger partial charge in [-0.2, -0.15) is 0 Å². The molecule has 0 unspecified atom stereocenters. The van der Waals surface area contributed by atoms with Gasteiger partial charge >= 0.3 is 0 Å². The van der Waals surface area contributed by atoms with Gasteiger partial charge < -0.3 is 19.2 Å². The smallest absolute Gasteiger partial charge is 0.135 e. The molecule has 0 radical (unpaired) electrons. The van der Waals surface area contributed by atoms with Gasteiger partial charge in [-0.25, -0.2) is 4.98 Å². The van der Waals surface area contributed by atoms with Crippen molar-refractivity contribution in [3.63, 3.8) is 0 Å². The molecule has 1 N–H and O–H groups in total. The minimum Gasteiger partial charge on any atom is -0.367 e. The molecule has 0 amide bonds. The zero-order valence-corrected chi connectivity index (χ0v) is 17.1. The van der Waals surface area contributed by atoms with E-state index in [4.69, 9.17) is 16.3 Å². The molecule has 0 spiro atoms. The van der Waals surface area contributed by atoms with E-state index in [1.165, 1.54) is 16.5 Å². The van der Waals surface area contributed by atoms with Crippen molar-refractivity contribution >= 4 is 22.5 Å². The number of aryl methyl sites for hydroxylation is 1. The zero-order chi connectivity index (χ0) is 19.8. The number of imidazole rings is 1. The number of halogens is 1. The Morgan fingerprint density at radius 1 is 1.21 bits per heavy atom. The first-order valence-electron chi connectivity index (χ1n) is 9.84. The number of ether oxygens (including phenoxy) is 1. The second-order valence-electron chi connectivity index (χ2n) is 7.53. The number of hydrogen-bond acceptors (Lipinski definition) is 3. The third-order valence-electron chi connectivity index (χ3n) is 5.56. The summed E-state index contributed by atoms with van der Waals surface area (Å²) in [6.45, 7) is 2.91. The summed E-state index contributed by atoms with van der Waals surface area (Å²) in [6, 6.07) is 16.4. The van der Waals surface area contributed by atoms with Crippen molar-refractivity contribution in [1.82, 2.24) is 19.4 Å². The van der Waals surface area contributed by atoms with Gasteiger partial charge in [-0.1, -0.05) is 41.9 Å². The maximum Gasteiger partial charge on any atom is 0.135 e. The monoisotopic (exact) mass is 406 g/mol. The molecule has 5 rings (SSSR count). The summed E-state index contributed by atoms with van der Waals surface area (Å²) < 4.78 is 10.5. The lowest BCUT2D eigenvalue weighted by Gasteiger charge is -2.26. The minimum absolute atomic E-state index is 0.101. The van der Waals surface area contributed by atoms with E-state index in [0.717, 1.165) is 41.7 Å². The summed E-state index contributed by atoms with van der Waals surface area (Å²) in [5.41, 5.74) is 4.74. The number of rotatable bonds is 5. The highest BCUT2D eigenvalue weighted by Gasteiger charge is 2.22. The molecule has 2 aromatic heterocycles. The molecule has 0 bridgehead atoms. The fraction of sp³-hybridized carbons (Fsp3) is 0.261. The number of nitrogens with zero attached hydrogens (tertiary/aromatic N) is 3. The van der Waals surface area contributed by atoms with Gasteiger partial charge in [0.15, 0.2) is 0 Å². The van der Waals surface area contributed by atoms with Crippen molar-refractivity contribution in [2.75, 3.05) is 6.54 Å². The number of aromatic nitrogens is 3. The molecule has 2 aromatic carbocycles. The van der Waals surface area contributed by atoms with Crippen LogP contribution in [0.1, 0.15) is 11.4 Å². The average Bonchev–Trinajstić information content (AvgIpc) is 3.29. The third kappa shape index (κ3) is 3.57. The Labute approximate surface area is 174 Å². The van der Waals surface area contributed by atoms with Crippen molar-refractivity contribution in [1.29, 1.82) is 0 Å². The molecule has 29 heavy (non-hydrogen) atoms. The normalized spacial score (nSPS) is 16.3. The first kappa shape index (κ1) is 18.4. The van der Waals surface area contributed by atoms with E-state index in [9.17, 15) is 0 Å². The summed E-state index contributed by atoms with van der Waals surface area (Å²) in [6.07, 6.45) is 4.21. The SMILES string of the molecule is Cn1cc(CNC[C@H]2Cn3c(-c4cccc(Cl)c4)cnc3CO2)c2ccccc21. The van der Waals surface area contributed by atoms with Gasteiger partial charge in [0.1, 0.15) is 12.4 Å². The lowest BCUT2D eigenvalue weighted by molar-refractivity contribution is 0.00327. The number of nitrogens with one attached hydrogen (secondary N) is 1. The highest BCUT2D eigenvalue weighted by molar-refractivity contribution is 6.30. The fourth-order valence-corrected chi connectivity index (χ4v) is 4.31. The molecule has 1 atom stereocenters. The second kappa shape index (κ2) is 7.67. The van der Waals surface area contributed by atoms with Crippen LogP contribution in [0.25, 0.3) is 22.2 Å². The van der Waals surface area contributed by atoms with Gasteiger partial charge in [-0.15, -0.1) is 0 Å². The Hall–Kier alpha value is -2.60. The van der Waals surface area contributed by atoms with Crippen molar-refractivity contribution in [3.8, 4) is 11.3 Å². The molecule has 6 heteroatoms. The van der Waals surface area contributed by atoms with Crippen molar-refractivity contribution in [3.05, 3.63) is 77.3 Å². The topological polar surface area (TPSA) is 44.0 Å². The number of benzene rings is 2. The van der Waals surface area contributed by atoms with Crippen molar-refractivity contribution in [2.45, 2.75) is 25.8 Å². The third-order valence-corrected chi connectivity index (χ3v) is 5.79. The van der Waals surface area contributed by atoms with E-state index in [2.05, 4.69) is 63.0 Å². The second-order valence-corrected chi connectivity index (χ2v) is 7.96. The first-order valence-corrected chi connectivity index (χ1v) is 10.2. The zero-order valence-electron chi connectivity index (χ0n) is 16.3. The Bertz CT molecular complexity index is 1160. The lowest BCUT2D eigenvalue weighted by atomic mass is 10.1. The van der Waals surface area contributed by atoms with Crippen molar-refractivity contribution in [2.24, 2.45) is 7.05 Å². The summed E-state index contributed by atoms with van der Waals surface area (Å²) in [5.74, 6) is 0.963. The van der Waals surface area contributed by atoms with Crippen LogP contribution in [-0.2, 0) is 31.5 Å². The quantitative estimate of drug-likeness (QED) is 0.534. The van der Waals surface area contributed by atoms with Crippen LogP contribution in [0.5, 0.6) is 0 Å². The maximum absolute atomic E-state index is 6.18. The molecule has 1 aliphatic heterocycles. The van der Waals surface area contributed by atoms with Crippen LogP contribution in [0, 0.1) is 0 Å². The number of para-hydroxylation sites is 1. The Balaban J connectivity index is 1.27. The van der Waals surface area contributed by atoms with E-state index in [-0.39, 0.29) is 6.10 Å². The van der Waals surface area contributed by atoms with Crippen molar-refractivity contribution < 1.29 is 4.74 Å². The highest BCUT2D eigenvalue weighted by atomic mass is 35.5. The predicted octanol–water partition coefficient (Wildman–Crippen LogP) is 4.38. The van der Waals surface area contributed by atoms with Crippen LogP contribution in [-0.4, -0.2) is 26.8 Å². The van der Waals surface area contributed by atoms with Gasteiger partial charge in [0.25, 0.3) is 0 Å².